The monoisotopic (exact) mass is 498 g/mol. The van der Waals surface area contributed by atoms with Gasteiger partial charge in [-0.1, -0.05) is 81.2 Å². The van der Waals surface area contributed by atoms with Gasteiger partial charge in [-0.25, -0.2) is 0 Å². The number of anilines is 1. The SMILES string of the molecule is CCCCCCCCOc1ccc(/C=C2\SC(=S)N(c3ccccc3C(N)=O)C2=O)cc1OC. The van der Waals surface area contributed by atoms with Gasteiger partial charge in [-0.3, -0.25) is 14.5 Å². The maximum absolute atomic E-state index is 13.1. The highest BCUT2D eigenvalue weighted by Gasteiger charge is 2.35. The molecule has 0 saturated carbocycles. The zero-order chi connectivity index (χ0) is 24.5. The largest absolute Gasteiger partial charge is 0.493 e. The summed E-state index contributed by atoms with van der Waals surface area (Å²) in [5, 5.41) is 0. The minimum Gasteiger partial charge on any atom is -0.493 e. The van der Waals surface area contributed by atoms with Crippen LogP contribution < -0.4 is 20.1 Å². The summed E-state index contributed by atoms with van der Waals surface area (Å²) in [4.78, 5) is 26.7. The number of hydrogen-bond donors (Lipinski definition) is 1. The van der Waals surface area contributed by atoms with E-state index in [-0.39, 0.29) is 11.5 Å². The highest BCUT2D eigenvalue weighted by Crippen LogP contribution is 2.38. The lowest BCUT2D eigenvalue weighted by molar-refractivity contribution is -0.113. The van der Waals surface area contributed by atoms with E-state index in [1.807, 2.05) is 18.2 Å². The van der Waals surface area contributed by atoms with Gasteiger partial charge in [-0.15, -0.1) is 0 Å². The Kier molecular flexibility index (Phi) is 9.53. The first-order valence-corrected chi connectivity index (χ1v) is 12.7. The number of hydrogen-bond acceptors (Lipinski definition) is 6. The molecule has 2 aromatic carbocycles. The number of benzene rings is 2. The van der Waals surface area contributed by atoms with E-state index >= 15 is 0 Å². The van der Waals surface area contributed by atoms with Crippen molar-refractivity contribution < 1.29 is 19.1 Å². The number of carbonyl (C=O) groups excluding carboxylic acids is 2. The Bertz CT molecular complexity index is 1080. The van der Waals surface area contributed by atoms with Crippen LogP contribution >= 0.6 is 24.0 Å². The van der Waals surface area contributed by atoms with Gasteiger partial charge in [0.1, 0.15) is 0 Å². The number of ether oxygens (including phenoxy) is 2. The van der Waals surface area contributed by atoms with Gasteiger partial charge in [0.2, 0.25) is 0 Å². The second kappa shape index (κ2) is 12.6. The van der Waals surface area contributed by atoms with Crippen LogP contribution in [0.5, 0.6) is 11.5 Å². The first kappa shape index (κ1) is 25.8. The van der Waals surface area contributed by atoms with E-state index in [1.54, 1.807) is 37.5 Å². The molecule has 0 aliphatic carbocycles. The Morgan fingerprint density at radius 3 is 2.56 bits per heavy atom. The van der Waals surface area contributed by atoms with Gasteiger partial charge in [-0.2, -0.15) is 0 Å². The van der Waals surface area contributed by atoms with Crippen LogP contribution in [0.25, 0.3) is 6.08 Å². The van der Waals surface area contributed by atoms with Crippen molar-refractivity contribution >= 4 is 51.9 Å². The van der Waals surface area contributed by atoms with Crippen LogP contribution in [0.4, 0.5) is 5.69 Å². The molecule has 0 unspecified atom stereocenters. The number of amides is 2. The lowest BCUT2D eigenvalue weighted by Crippen LogP contribution is -2.30. The minimum atomic E-state index is -0.616. The molecule has 6 nitrogen and oxygen atoms in total. The van der Waals surface area contributed by atoms with Crippen molar-refractivity contribution in [2.24, 2.45) is 5.73 Å². The van der Waals surface area contributed by atoms with Gasteiger partial charge in [0.05, 0.1) is 29.9 Å². The smallest absolute Gasteiger partial charge is 0.270 e. The Morgan fingerprint density at radius 2 is 1.82 bits per heavy atom. The average Bonchev–Trinajstić information content (AvgIpc) is 3.11. The number of methoxy groups -OCH3 is 1. The maximum atomic E-state index is 13.1. The predicted molar refractivity (Wildman–Crippen MR) is 142 cm³/mol. The van der Waals surface area contributed by atoms with Gasteiger partial charge >= 0.3 is 0 Å². The molecule has 1 aliphatic heterocycles. The van der Waals surface area contributed by atoms with E-state index in [2.05, 4.69) is 6.92 Å². The second-order valence-corrected chi connectivity index (χ2v) is 9.60. The van der Waals surface area contributed by atoms with Crippen LogP contribution in [0, 0.1) is 0 Å². The molecule has 3 rings (SSSR count). The Morgan fingerprint density at radius 1 is 1.09 bits per heavy atom. The second-order valence-electron chi connectivity index (χ2n) is 7.93. The number of carbonyl (C=O) groups is 2. The lowest BCUT2D eigenvalue weighted by Gasteiger charge is -2.17. The molecular weight excluding hydrogens is 468 g/mol. The van der Waals surface area contributed by atoms with Crippen molar-refractivity contribution in [1.29, 1.82) is 0 Å². The van der Waals surface area contributed by atoms with Crippen molar-refractivity contribution in [1.82, 2.24) is 0 Å². The van der Waals surface area contributed by atoms with Crippen molar-refractivity contribution in [3.63, 3.8) is 0 Å². The van der Waals surface area contributed by atoms with Gasteiger partial charge in [-0.05, 0) is 42.3 Å². The minimum absolute atomic E-state index is 0.244. The van der Waals surface area contributed by atoms with E-state index in [1.165, 1.54) is 42.3 Å². The summed E-state index contributed by atoms with van der Waals surface area (Å²) in [6.45, 7) is 2.85. The van der Waals surface area contributed by atoms with Gasteiger partial charge in [0.25, 0.3) is 11.8 Å². The molecule has 0 atom stereocenters. The number of para-hydroxylation sites is 1. The highest BCUT2D eigenvalue weighted by atomic mass is 32.2. The molecule has 0 aromatic heterocycles. The van der Waals surface area contributed by atoms with Crippen LogP contribution in [0.15, 0.2) is 47.4 Å². The molecule has 1 saturated heterocycles. The average molecular weight is 499 g/mol. The molecule has 2 N–H and O–H groups in total. The van der Waals surface area contributed by atoms with Crippen molar-refractivity contribution in [2.75, 3.05) is 18.6 Å². The number of unbranched alkanes of at least 4 members (excludes halogenated alkanes) is 5. The molecule has 2 aromatic rings. The Balaban J connectivity index is 1.70. The summed E-state index contributed by atoms with van der Waals surface area (Å²) in [5.41, 5.74) is 6.90. The number of thioether (sulfide) groups is 1. The number of primary amides is 1. The summed E-state index contributed by atoms with van der Waals surface area (Å²) in [6.07, 6.45) is 8.94. The van der Waals surface area contributed by atoms with E-state index in [4.69, 9.17) is 27.4 Å². The number of thiocarbonyl (C=S) groups is 1. The molecule has 0 bridgehead atoms. The molecule has 1 aliphatic rings. The molecule has 180 valence electrons. The maximum Gasteiger partial charge on any atom is 0.270 e. The van der Waals surface area contributed by atoms with E-state index < -0.39 is 5.91 Å². The molecule has 8 heteroatoms. The molecule has 0 spiro atoms. The van der Waals surface area contributed by atoms with Crippen molar-refractivity contribution in [3.8, 4) is 11.5 Å². The van der Waals surface area contributed by atoms with Crippen LogP contribution in [0.1, 0.15) is 61.4 Å². The van der Waals surface area contributed by atoms with Gasteiger partial charge < -0.3 is 15.2 Å². The third kappa shape index (κ3) is 6.39. The third-order valence-electron chi connectivity index (χ3n) is 5.45. The summed E-state index contributed by atoms with van der Waals surface area (Å²) in [7, 11) is 1.59. The number of rotatable bonds is 12. The Hall–Kier alpha value is -2.84. The fourth-order valence-corrected chi connectivity index (χ4v) is 4.95. The van der Waals surface area contributed by atoms with Crippen LogP contribution in [-0.4, -0.2) is 29.9 Å². The first-order valence-electron chi connectivity index (χ1n) is 11.4. The van der Waals surface area contributed by atoms with Gasteiger partial charge in [0.15, 0.2) is 15.8 Å². The van der Waals surface area contributed by atoms with Crippen molar-refractivity contribution in [2.45, 2.75) is 45.4 Å². The van der Waals surface area contributed by atoms with Crippen LogP contribution in [0.2, 0.25) is 0 Å². The van der Waals surface area contributed by atoms with Crippen LogP contribution in [0.3, 0.4) is 0 Å². The summed E-state index contributed by atoms with van der Waals surface area (Å²) in [5.74, 6) is 0.367. The van der Waals surface area contributed by atoms with Gasteiger partial charge in [0, 0.05) is 0 Å². The molecule has 0 radical (unpaired) electrons. The Labute approximate surface area is 210 Å². The summed E-state index contributed by atoms with van der Waals surface area (Å²) >= 11 is 6.61. The zero-order valence-corrected chi connectivity index (χ0v) is 21.2. The van der Waals surface area contributed by atoms with Crippen LogP contribution in [-0.2, 0) is 4.79 Å². The molecule has 2 amide bonds. The predicted octanol–water partition coefficient (Wildman–Crippen LogP) is 5.94. The normalized spacial score (nSPS) is 14.6. The van der Waals surface area contributed by atoms with E-state index in [9.17, 15) is 9.59 Å². The molecular formula is C26H30N2O4S2. The lowest BCUT2D eigenvalue weighted by atomic mass is 10.1. The highest BCUT2D eigenvalue weighted by molar-refractivity contribution is 8.27. The fourth-order valence-electron chi connectivity index (χ4n) is 3.66. The first-order chi connectivity index (χ1) is 16.5. The standard InChI is InChI=1S/C26H30N2O4S2/c1-3-4-5-6-7-10-15-32-21-14-13-18(16-22(21)31-2)17-23-25(30)28(26(33)34-23)20-12-9-8-11-19(20)24(27)29/h8-9,11-14,16-17H,3-7,10,15H2,1-2H3,(H2,27,29)/b23-17-. The summed E-state index contributed by atoms with van der Waals surface area (Å²) < 4.78 is 11.8. The van der Waals surface area contributed by atoms with E-state index in [0.717, 1.165) is 18.4 Å². The fraction of sp³-hybridized carbons (Fsp3) is 0.346. The third-order valence-corrected chi connectivity index (χ3v) is 6.75. The van der Waals surface area contributed by atoms with E-state index in [0.29, 0.717) is 33.0 Å². The molecule has 1 heterocycles. The number of nitrogens with two attached hydrogens (primary N) is 1. The molecule has 34 heavy (non-hydrogen) atoms. The quantitative estimate of drug-likeness (QED) is 0.222. The zero-order valence-electron chi connectivity index (χ0n) is 19.5. The summed E-state index contributed by atoms with van der Waals surface area (Å²) in [6, 6.07) is 12.2. The molecule has 1 fully saturated rings. The van der Waals surface area contributed by atoms with Crippen molar-refractivity contribution in [3.05, 3.63) is 58.5 Å². The number of nitrogens with zero attached hydrogens (tertiary/aromatic N) is 1. The topological polar surface area (TPSA) is 81.9 Å².